The summed E-state index contributed by atoms with van der Waals surface area (Å²) in [5, 5.41) is 12.3. The Hall–Kier alpha value is -2.36. The summed E-state index contributed by atoms with van der Waals surface area (Å²) in [5.41, 5.74) is -3.05. The predicted molar refractivity (Wildman–Crippen MR) is 129 cm³/mol. The molecule has 5 aliphatic heterocycles. The highest BCUT2D eigenvalue weighted by molar-refractivity contribution is 6.06. The van der Waals surface area contributed by atoms with Crippen LogP contribution in [0.5, 0.6) is 0 Å². The molecule has 0 aromatic heterocycles. The summed E-state index contributed by atoms with van der Waals surface area (Å²) in [6, 6.07) is 0. The van der Waals surface area contributed by atoms with Gasteiger partial charge in [0.1, 0.15) is 29.2 Å². The van der Waals surface area contributed by atoms with Gasteiger partial charge in [-0.2, -0.15) is 0 Å². The Bertz CT molecular complexity index is 1280. The minimum Gasteiger partial charge on any atom is -0.456 e. The van der Waals surface area contributed by atoms with Crippen LogP contribution in [-0.4, -0.2) is 63.4 Å². The van der Waals surface area contributed by atoms with Crippen LogP contribution in [0.25, 0.3) is 0 Å². The molecule has 38 heavy (non-hydrogen) atoms. The highest BCUT2D eigenvalue weighted by Crippen LogP contribution is 2.67. The van der Waals surface area contributed by atoms with E-state index in [4.69, 9.17) is 18.9 Å². The van der Waals surface area contributed by atoms with Gasteiger partial charge in [-0.05, 0) is 46.1 Å². The first kappa shape index (κ1) is 24.7. The number of ketones is 2. The molecular formula is C29H34O9. The molecule has 0 aromatic carbocycles. The Morgan fingerprint density at radius 2 is 1.82 bits per heavy atom. The third-order valence-electron chi connectivity index (χ3n) is 11.1. The van der Waals surface area contributed by atoms with E-state index in [9.17, 15) is 24.3 Å². The molecule has 5 fully saturated rings. The van der Waals surface area contributed by atoms with Crippen LogP contribution >= 0.6 is 0 Å². The third kappa shape index (κ3) is 2.68. The Kier molecular flexibility index (Phi) is 4.57. The Morgan fingerprint density at radius 1 is 1.08 bits per heavy atom. The van der Waals surface area contributed by atoms with Gasteiger partial charge < -0.3 is 24.1 Å². The summed E-state index contributed by atoms with van der Waals surface area (Å²) in [7, 11) is 0. The minimum absolute atomic E-state index is 0.0685. The average Bonchev–Trinajstić information content (AvgIpc) is 3.43. The number of carbonyl (C=O) groups excluding carboxylic acids is 4. The number of cyclic esters (lactones) is 1. The number of carbonyl (C=O) groups is 4. The largest absolute Gasteiger partial charge is 0.456 e. The zero-order chi connectivity index (χ0) is 27.2. The van der Waals surface area contributed by atoms with E-state index >= 15 is 0 Å². The molecule has 9 heteroatoms. The molecule has 4 saturated heterocycles. The Balaban J connectivity index is 1.37. The van der Waals surface area contributed by atoms with Gasteiger partial charge in [0.2, 0.25) is 11.6 Å². The van der Waals surface area contributed by atoms with E-state index in [1.807, 2.05) is 19.9 Å². The van der Waals surface area contributed by atoms with E-state index in [1.54, 1.807) is 26.8 Å². The first-order valence-corrected chi connectivity index (χ1v) is 13.7. The lowest BCUT2D eigenvalue weighted by Gasteiger charge is -2.41. The molecule has 10 atom stereocenters. The molecule has 7 aliphatic rings. The van der Waals surface area contributed by atoms with Crippen LogP contribution in [0.3, 0.4) is 0 Å². The van der Waals surface area contributed by atoms with Crippen molar-refractivity contribution in [2.75, 3.05) is 0 Å². The summed E-state index contributed by atoms with van der Waals surface area (Å²) >= 11 is 0. The fraction of sp³-hybridized carbons (Fsp3) is 0.724. The number of hydrogen-bond donors (Lipinski definition) is 1. The van der Waals surface area contributed by atoms with Gasteiger partial charge >= 0.3 is 11.9 Å². The van der Waals surface area contributed by atoms with Gasteiger partial charge in [0.05, 0.1) is 12.0 Å². The van der Waals surface area contributed by atoms with Crippen molar-refractivity contribution in [3.63, 3.8) is 0 Å². The molecule has 0 radical (unpaired) electrons. The van der Waals surface area contributed by atoms with Crippen LogP contribution in [0.4, 0.5) is 0 Å². The highest BCUT2D eigenvalue weighted by Gasteiger charge is 2.78. The molecule has 1 saturated carbocycles. The van der Waals surface area contributed by atoms with Gasteiger partial charge in [0.25, 0.3) is 0 Å². The summed E-state index contributed by atoms with van der Waals surface area (Å²) in [6.45, 7) is 9.19. The van der Waals surface area contributed by atoms with Crippen LogP contribution in [0.1, 0.15) is 66.7 Å². The summed E-state index contributed by atoms with van der Waals surface area (Å²) < 4.78 is 24.7. The zero-order valence-electron chi connectivity index (χ0n) is 22.4. The first-order valence-electron chi connectivity index (χ1n) is 13.7. The third-order valence-corrected chi connectivity index (χ3v) is 11.1. The summed E-state index contributed by atoms with van der Waals surface area (Å²) in [6.07, 6.45) is 3.73. The second-order valence-corrected chi connectivity index (χ2v) is 13.4. The maximum Gasteiger partial charge on any atom is 0.334 e. The van der Waals surface area contributed by atoms with E-state index in [0.717, 1.165) is 0 Å². The van der Waals surface area contributed by atoms with E-state index in [2.05, 4.69) is 0 Å². The van der Waals surface area contributed by atoms with Crippen molar-refractivity contribution in [2.24, 2.45) is 29.1 Å². The van der Waals surface area contributed by atoms with Crippen LogP contribution in [0, 0.1) is 29.1 Å². The minimum atomic E-state index is -2.28. The second-order valence-electron chi connectivity index (χ2n) is 13.4. The summed E-state index contributed by atoms with van der Waals surface area (Å²) in [5.74, 6) is -5.98. The van der Waals surface area contributed by atoms with Crippen LogP contribution in [-0.2, 0) is 38.1 Å². The number of fused-ring (bicyclic) bond motifs is 3. The number of Topliss-reactive ketones (excluding diaryl/α,β-unsaturated/α-hetero) is 2. The average molecular weight is 527 g/mol. The van der Waals surface area contributed by atoms with E-state index in [-0.39, 0.29) is 30.5 Å². The van der Waals surface area contributed by atoms with Gasteiger partial charge in [-0.15, -0.1) is 0 Å². The van der Waals surface area contributed by atoms with Crippen LogP contribution < -0.4 is 0 Å². The number of ether oxygens (including phenoxy) is 4. The highest BCUT2D eigenvalue weighted by atomic mass is 16.7. The number of allylic oxidation sites excluding steroid dienone is 1. The van der Waals surface area contributed by atoms with Crippen LogP contribution in [0.2, 0.25) is 0 Å². The van der Waals surface area contributed by atoms with Crippen molar-refractivity contribution in [1.82, 2.24) is 0 Å². The standard InChI is InChI=1S/C29H34O9/c1-13-10-16(35-24(13)33)20-14(2)22(31)26(5)8-9-27-12-28-17(25(3,4)36-18(28)11-19(30)37-28)7-6-15(27)23(32)29(34,38-27)21(20)26/h6,10,14,16-18,20-21,34H,7-9,11-12H2,1-5H3/t14-,16+,17-,18+,20+,21-,26-,27-,28+,29-/m0/s1. The van der Waals surface area contributed by atoms with Crippen molar-refractivity contribution in [2.45, 2.75) is 102 Å². The molecule has 7 rings (SSSR count). The summed E-state index contributed by atoms with van der Waals surface area (Å²) in [4.78, 5) is 52.9. The van der Waals surface area contributed by atoms with Gasteiger partial charge in [0, 0.05) is 46.7 Å². The quantitative estimate of drug-likeness (QED) is 0.513. The molecule has 2 spiro atoms. The molecule has 9 nitrogen and oxygen atoms in total. The molecule has 0 aromatic rings. The maximum atomic E-state index is 14.2. The Labute approximate surface area is 220 Å². The molecule has 1 N–H and O–H groups in total. The lowest BCUT2D eigenvalue weighted by molar-refractivity contribution is -0.260. The molecule has 0 amide bonds. The topological polar surface area (TPSA) is 125 Å². The van der Waals surface area contributed by atoms with E-state index < -0.39 is 69.7 Å². The molecule has 2 bridgehead atoms. The second kappa shape index (κ2) is 7.04. The van der Waals surface area contributed by atoms with Gasteiger partial charge in [-0.25, -0.2) is 4.79 Å². The van der Waals surface area contributed by atoms with Crippen LogP contribution in [0.15, 0.2) is 23.3 Å². The molecule has 2 aliphatic carbocycles. The Morgan fingerprint density at radius 3 is 2.50 bits per heavy atom. The van der Waals surface area contributed by atoms with Gasteiger partial charge in [-0.1, -0.05) is 19.9 Å². The van der Waals surface area contributed by atoms with Crippen molar-refractivity contribution in [1.29, 1.82) is 0 Å². The fourth-order valence-corrected chi connectivity index (χ4v) is 9.47. The smallest absolute Gasteiger partial charge is 0.334 e. The lowest BCUT2D eigenvalue weighted by Crippen LogP contribution is -2.54. The van der Waals surface area contributed by atoms with Crippen molar-refractivity contribution in [3.05, 3.63) is 23.3 Å². The van der Waals surface area contributed by atoms with E-state index in [0.29, 0.717) is 30.4 Å². The normalized spacial score (nSPS) is 52.3. The van der Waals surface area contributed by atoms with Gasteiger partial charge in [-0.3, -0.25) is 14.4 Å². The zero-order valence-corrected chi connectivity index (χ0v) is 22.4. The van der Waals surface area contributed by atoms with Crippen molar-refractivity contribution >= 4 is 23.5 Å². The number of hydrogen-bond acceptors (Lipinski definition) is 9. The lowest BCUT2D eigenvalue weighted by atomic mass is 9.63. The molecule has 204 valence electrons. The fourth-order valence-electron chi connectivity index (χ4n) is 9.47. The van der Waals surface area contributed by atoms with Crippen molar-refractivity contribution in [3.8, 4) is 0 Å². The number of rotatable bonds is 1. The number of esters is 2. The molecule has 5 heterocycles. The SMILES string of the molecule is CC1=C[C@H]([C@H]2[C@H](C)C(=O)[C@@]3(C)CC[C@]45C[C@]67OC(=O)C[C@H]6OC(C)(C)[C@@H]7CC=C4C(=O)[C@@](O)(O5)[C@@H]23)OC1=O. The predicted octanol–water partition coefficient (Wildman–Crippen LogP) is 2.34. The molecular weight excluding hydrogens is 492 g/mol. The monoisotopic (exact) mass is 526 g/mol. The molecule has 0 unspecified atom stereocenters. The maximum absolute atomic E-state index is 14.2. The first-order chi connectivity index (χ1) is 17.7. The van der Waals surface area contributed by atoms with E-state index in [1.165, 1.54) is 0 Å². The van der Waals surface area contributed by atoms with Gasteiger partial charge in [0.15, 0.2) is 0 Å². The number of aliphatic hydroxyl groups is 1. The van der Waals surface area contributed by atoms with Crippen molar-refractivity contribution < 1.29 is 43.2 Å².